The number of benzene rings is 1. The van der Waals surface area contributed by atoms with E-state index in [1.807, 2.05) is 54.5 Å². The zero-order valence-electron chi connectivity index (χ0n) is 15.9. The molecule has 1 saturated heterocycles. The van der Waals surface area contributed by atoms with Crippen LogP contribution in [0.25, 0.3) is 0 Å². The van der Waals surface area contributed by atoms with Crippen LogP contribution in [0.2, 0.25) is 0 Å². The third-order valence-corrected chi connectivity index (χ3v) is 5.69. The molecule has 2 amide bonds. The Morgan fingerprint density at radius 2 is 2.00 bits per heavy atom. The summed E-state index contributed by atoms with van der Waals surface area (Å²) in [6.07, 6.45) is 2.00. The van der Waals surface area contributed by atoms with Crippen LogP contribution in [0.15, 0.2) is 35.7 Å². The summed E-state index contributed by atoms with van der Waals surface area (Å²) in [4.78, 5) is 27.4. The minimum atomic E-state index is -0.00154. The van der Waals surface area contributed by atoms with Crippen LogP contribution in [0.4, 0.5) is 0 Å². The molecule has 1 aliphatic rings. The second-order valence-electron chi connectivity index (χ2n) is 7.04. The minimum Gasteiger partial charge on any atom is -0.484 e. The molecule has 0 aliphatic carbocycles. The van der Waals surface area contributed by atoms with E-state index in [4.69, 9.17) is 4.74 Å². The number of nitrogens with zero attached hydrogens (tertiary/aromatic N) is 1. The molecule has 2 aromatic rings. The molecule has 1 aromatic heterocycles. The fraction of sp³-hybridized carbons (Fsp3) is 0.429. The monoisotopic (exact) mass is 386 g/mol. The molecule has 0 bridgehead atoms. The lowest BCUT2D eigenvalue weighted by molar-refractivity contribution is -0.134. The molecule has 5 nitrogen and oxygen atoms in total. The second kappa shape index (κ2) is 9.04. The van der Waals surface area contributed by atoms with Crippen LogP contribution in [0, 0.1) is 13.8 Å². The highest BCUT2D eigenvalue weighted by Gasteiger charge is 2.24. The van der Waals surface area contributed by atoms with Gasteiger partial charge in [0.2, 0.25) is 5.91 Å². The lowest BCUT2D eigenvalue weighted by Gasteiger charge is -2.32. The third kappa shape index (κ3) is 5.57. The van der Waals surface area contributed by atoms with Gasteiger partial charge in [-0.15, -0.1) is 11.3 Å². The minimum absolute atomic E-state index is 0.00154. The van der Waals surface area contributed by atoms with Crippen molar-refractivity contribution in [1.29, 1.82) is 0 Å². The molecule has 144 valence electrons. The average Bonchev–Trinajstić information content (AvgIpc) is 3.14. The molecule has 1 aromatic carbocycles. The van der Waals surface area contributed by atoms with Crippen LogP contribution in [0.1, 0.15) is 28.8 Å². The molecule has 1 fully saturated rings. The Hall–Kier alpha value is -2.34. The van der Waals surface area contributed by atoms with E-state index in [0.717, 1.165) is 29.0 Å². The Kier molecular flexibility index (Phi) is 6.50. The van der Waals surface area contributed by atoms with E-state index in [-0.39, 0.29) is 24.5 Å². The van der Waals surface area contributed by atoms with Gasteiger partial charge in [0.15, 0.2) is 6.61 Å². The lowest BCUT2D eigenvalue weighted by atomic mass is 10.0. The first-order valence-corrected chi connectivity index (χ1v) is 10.2. The second-order valence-corrected chi connectivity index (χ2v) is 8.07. The van der Waals surface area contributed by atoms with Gasteiger partial charge in [0.05, 0.1) is 6.42 Å². The van der Waals surface area contributed by atoms with Crippen LogP contribution >= 0.6 is 11.3 Å². The van der Waals surface area contributed by atoms with Gasteiger partial charge < -0.3 is 15.0 Å². The quantitative estimate of drug-likeness (QED) is 0.830. The van der Waals surface area contributed by atoms with Crippen molar-refractivity contribution < 1.29 is 14.3 Å². The molecule has 1 aliphatic heterocycles. The van der Waals surface area contributed by atoms with Crippen molar-refractivity contribution in [1.82, 2.24) is 10.2 Å². The van der Waals surface area contributed by atoms with Crippen molar-refractivity contribution in [3.63, 3.8) is 0 Å². The van der Waals surface area contributed by atoms with Crippen molar-refractivity contribution in [3.8, 4) is 5.75 Å². The van der Waals surface area contributed by atoms with E-state index in [2.05, 4.69) is 5.32 Å². The summed E-state index contributed by atoms with van der Waals surface area (Å²) in [7, 11) is 0. The largest absolute Gasteiger partial charge is 0.484 e. The highest BCUT2D eigenvalue weighted by Crippen LogP contribution is 2.19. The fourth-order valence-electron chi connectivity index (χ4n) is 3.32. The maximum Gasteiger partial charge on any atom is 0.260 e. The van der Waals surface area contributed by atoms with Gasteiger partial charge in [-0.25, -0.2) is 0 Å². The first-order chi connectivity index (χ1) is 13.0. The molecular formula is C21H26N2O3S. The Morgan fingerprint density at radius 3 is 2.67 bits per heavy atom. The molecule has 1 N–H and O–H groups in total. The Bertz CT molecular complexity index is 781. The van der Waals surface area contributed by atoms with Gasteiger partial charge >= 0.3 is 0 Å². The smallest absolute Gasteiger partial charge is 0.260 e. The number of carbonyl (C=O) groups is 2. The molecule has 0 radical (unpaired) electrons. The number of piperidine rings is 1. The van der Waals surface area contributed by atoms with Crippen molar-refractivity contribution in [2.45, 2.75) is 39.2 Å². The van der Waals surface area contributed by atoms with Gasteiger partial charge in [-0.3, -0.25) is 9.59 Å². The number of thiophene rings is 1. The van der Waals surface area contributed by atoms with Crippen LogP contribution in [-0.4, -0.2) is 42.5 Å². The van der Waals surface area contributed by atoms with E-state index in [9.17, 15) is 9.59 Å². The van der Waals surface area contributed by atoms with Crippen LogP contribution in [0.3, 0.4) is 0 Å². The van der Waals surface area contributed by atoms with Crippen LogP contribution in [-0.2, 0) is 16.0 Å². The van der Waals surface area contributed by atoms with E-state index >= 15 is 0 Å². The number of ether oxygens (including phenoxy) is 1. The number of nitrogens with one attached hydrogen (secondary N) is 1. The number of carbonyl (C=O) groups excluding carboxylic acids is 2. The van der Waals surface area contributed by atoms with Gasteiger partial charge in [-0.05, 0) is 49.8 Å². The first-order valence-electron chi connectivity index (χ1n) is 9.31. The summed E-state index contributed by atoms with van der Waals surface area (Å²) in [5.74, 6) is 0.809. The topological polar surface area (TPSA) is 58.6 Å². The predicted octanol–water partition coefficient (Wildman–Crippen LogP) is 3.09. The van der Waals surface area contributed by atoms with E-state index < -0.39 is 0 Å². The summed E-state index contributed by atoms with van der Waals surface area (Å²) < 4.78 is 5.70. The fourth-order valence-corrected chi connectivity index (χ4v) is 4.02. The molecule has 3 rings (SSSR count). The summed E-state index contributed by atoms with van der Waals surface area (Å²) in [5, 5.41) is 5.06. The Balaban J connectivity index is 1.40. The molecule has 0 saturated carbocycles. The van der Waals surface area contributed by atoms with Gasteiger partial charge in [-0.1, -0.05) is 23.8 Å². The first kappa shape index (κ1) is 19.4. The van der Waals surface area contributed by atoms with Crippen molar-refractivity contribution >= 4 is 23.2 Å². The standard InChI is InChI=1S/C21H26N2O3S/c1-15-5-6-19(16(2)12-15)26-14-21(25)23-9-7-17(8-10-23)22-20(24)13-18-4-3-11-27-18/h3-6,11-12,17H,7-10,13-14H2,1-2H3,(H,22,24). The zero-order chi connectivity index (χ0) is 19.2. The third-order valence-electron chi connectivity index (χ3n) is 4.81. The zero-order valence-corrected chi connectivity index (χ0v) is 16.7. The Labute approximate surface area is 164 Å². The molecule has 2 heterocycles. The summed E-state index contributed by atoms with van der Waals surface area (Å²) in [5.41, 5.74) is 2.21. The summed E-state index contributed by atoms with van der Waals surface area (Å²) in [6, 6.07) is 10.0. The summed E-state index contributed by atoms with van der Waals surface area (Å²) in [6.45, 7) is 5.37. The number of aryl methyl sites for hydroxylation is 2. The lowest BCUT2D eigenvalue weighted by Crippen LogP contribution is -2.47. The van der Waals surface area contributed by atoms with Crippen LogP contribution in [0.5, 0.6) is 5.75 Å². The molecule has 0 unspecified atom stereocenters. The van der Waals surface area contributed by atoms with Crippen molar-refractivity contribution in [2.24, 2.45) is 0 Å². The maximum atomic E-state index is 12.4. The average molecular weight is 387 g/mol. The highest BCUT2D eigenvalue weighted by molar-refractivity contribution is 7.10. The van der Waals surface area contributed by atoms with Gasteiger partial charge in [0, 0.05) is 24.0 Å². The van der Waals surface area contributed by atoms with E-state index in [1.54, 1.807) is 11.3 Å². The molecule has 27 heavy (non-hydrogen) atoms. The van der Waals surface area contributed by atoms with E-state index in [0.29, 0.717) is 19.5 Å². The van der Waals surface area contributed by atoms with E-state index in [1.165, 1.54) is 5.56 Å². The number of hydrogen-bond donors (Lipinski definition) is 1. The number of amides is 2. The molecular weight excluding hydrogens is 360 g/mol. The van der Waals surface area contributed by atoms with Gasteiger partial charge in [0.25, 0.3) is 5.91 Å². The van der Waals surface area contributed by atoms with Crippen LogP contribution < -0.4 is 10.1 Å². The molecule has 0 spiro atoms. The number of rotatable bonds is 6. The predicted molar refractivity (Wildman–Crippen MR) is 107 cm³/mol. The van der Waals surface area contributed by atoms with Crippen molar-refractivity contribution in [2.75, 3.05) is 19.7 Å². The summed E-state index contributed by atoms with van der Waals surface area (Å²) >= 11 is 1.60. The highest BCUT2D eigenvalue weighted by atomic mass is 32.1. The van der Waals surface area contributed by atoms with Gasteiger partial charge in [-0.2, -0.15) is 0 Å². The SMILES string of the molecule is Cc1ccc(OCC(=O)N2CCC(NC(=O)Cc3cccs3)CC2)c(C)c1. The number of likely N-dealkylation sites (tertiary alicyclic amines) is 1. The maximum absolute atomic E-state index is 12.4. The van der Waals surface area contributed by atoms with Gasteiger partial charge in [0.1, 0.15) is 5.75 Å². The van der Waals surface area contributed by atoms with Crippen molar-refractivity contribution in [3.05, 3.63) is 51.7 Å². The number of hydrogen-bond acceptors (Lipinski definition) is 4. The molecule has 0 atom stereocenters. The normalized spacial score (nSPS) is 14.8. The molecule has 6 heteroatoms. The Morgan fingerprint density at radius 1 is 1.22 bits per heavy atom.